The lowest BCUT2D eigenvalue weighted by Crippen LogP contribution is -2.31. The van der Waals surface area contributed by atoms with Crippen LogP contribution in [-0.2, 0) is 11.2 Å². The Morgan fingerprint density at radius 2 is 2.25 bits per heavy atom. The van der Waals surface area contributed by atoms with Crippen molar-refractivity contribution >= 4 is 24.0 Å². The molecule has 0 saturated heterocycles. The van der Waals surface area contributed by atoms with E-state index in [1.807, 2.05) is 6.07 Å². The van der Waals surface area contributed by atoms with E-state index in [1.54, 1.807) is 6.07 Å². The molecule has 2 rings (SSSR count). The SMILES string of the molecule is Cl.NCCC(=O)N1CCc2cccc(F)c21. The number of nitrogens with two attached hydrogens (primary N) is 1. The van der Waals surface area contributed by atoms with Gasteiger partial charge in [-0.3, -0.25) is 4.79 Å². The molecule has 0 aromatic heterocycles. The maximum absolute atomic E-state index is 13.5. The molecule has 0 fully saturated rings. The van der Waals surface area contributed by atoms with Crippen molar-refractivity contribution in [2.45, 2.75) is 12.8 Å². The summed E-state index contributed by atoms with van der Waals surface area (Å²) in [6, 6.07) is 4.91. The minimum Gasteiger partial charge on any atom is -0.330 e. The molecule has 0 saturated carbocycles. The third-order valence-corrected chi connectivity index (χ3v) is 2.60. The average Bonchev–Trinajstić information content (AvgIpc) is 2.63. The monoisotopic (exact) mass is 244 g/mol. The third kappa shape index (κ3) is 2.18. The number of benzene rings is 1. The van der Waals surface area contributed by atoms with Crippen LogP contribution in [0.3, 0.4) is 0 Å². The highest BCUT2D eigenvalue weighted by atomic mass is 35.5. The van der Waals surface area contributed by atoms with Gasteiger partial charge >= 0.3 is 0 Å². The summed E-state index contributed by atoms with van der Waals surface area (Å²) in [6.45, 7) is 0.869. The molecule has 0 bridgehead atoms. The van der Waals surface area contributed by atoms with Crippen molar-refractivity contribution in [2.75, 3.05) is 18.0 Å². The van der Waals surface area contributed by atoms with E-state index in [1.165, 1.54) is 11.0 Å². The van der Waals surface area contributed by atoms with E-state index in [-0.39, 0.29) is 30.6 Å². The molecule has 0 spiro atoms. The molecular formula is C11H14ClFN2O. The first-order chi connectivity index (χ1) is 7.24. The first-order valence-electron chi connectivity index (χ1n) is 5.02. The van der Waals surface area contributed by atoms with Gasteiger partial charge in [0.15, 0.2) is 0 Å². The number of para-hydroxylation sites is 1. The molecule has 3 nitrogen and oxygen atoms in total. The minimum absolute atomic E-state index is 0. The highest BCUT2D eigenvalue weighted by Gasteiger charge is 2.26. The molecule has 1 aliphatic rings. The molecule has 1 aromatic carbocycles. The largest absolute Gasteiger partial charge is 0.330 e. The molecule has 1 aliphatic heterocycles. The molecular weight excluding hydrogens is 231 g/mol. The van der Waals surface area contributed by atoms with Gasteiger partial charge in [0.25, 0.3) is 0 Å². The molecule has 88 valence electrons. The molecule has 2 N–H and O–H groups in total. The van der Waals surface area contributed by atoms with E-state index >= 15 is 0 Å². The van der Waals surface area contributed by atoms with Gasteiger partial charge in [-0.15, -0.1) is 12.4 Å². The van der Waals surface area contributed by atoms with Crippen molar-refractivity contribution in [3.63, 3.8) is 0 Å². The number of carbonyl (C=O) groups excluding carboxylic acids is 1. The average molecular weight is 245 g/mol. The first kappa shape index (κ1) is 12.9. The fraction of sp³-hybridized carbons (Fsp3) is 0.364. The second kappa shape index (κ2) is 5.27. The van der Waals surface area contributed by atoms with E-state index < -0.39 is 0 Å². The highest BCUT2D eigenvalue weighted by Crippen LogP contribution is 2.30. The van der Waals surface area contributed by atoms with Crippen molar-refractivity contribution in [1.82, 2.24) is 0 Å². The fourth-order valence-electron chi connectivity index (χ4n) is 1.92. The summed E-state index contributed by atoms with van der Waals surface area (Å²) in [6.07, 6.45) is 0.997. The van der Waals surface area contributed by atoms with Crippen LogP contribution in [-0.4, -0.2) is 19.0 Å². The van der Waals surface area contributed by atoms with Gasteiger partial charge in [-0.2, -0.15) is 0 Å². The van der Waals surface area contributed by atoms with Gasteiger partial charge in [0, 0.05) is 19.5 Å². The van der Waals surface area contributed by atoms with Crippen molar-refractivity contribution in [1.29, 1.82) is 0 Å². The number of nitrogens with zero attached hydrogens (tertiary/aromatic N) is 1. The summed E-state index contributed by atoms with van der Waals surface area (Å²) < 4.78 is 13.5. The number of anilines is 1. The van der Waals surface area contributed by atoms with Crippen LogP contribution in [0.5, 0.6) is 0 Å². The van der Waals surface area contributed by atoms with Gasteiger partial charge in [0.1, 0.15) is 5.82 Å². The van der Waals surface area contributed by atoms with E-state index in [0.29, 0.717) is 18.8 Å². The quantitative estimate of drug-likeness (QED) is 0.857. The van der Waals surface area contributed by atoms with Gasteiger partial charge in [0.2, 0.25) is 5.91 Å². The molecule has 5 heteroatoms. The zero-order valence-electron chi connectivity index (χ0n) is 8.78. The lowest BCUT2D eigenvalue weighted by Gasteiger charge is -2.17. The molecule has 0 atom stereocenters. The number of halogens is 2. The van der Waals surface area contributed by atoms with Gasteiger partial charge in [-0.25, -0.2) is 4.39 Å². The van der Waals surface area contributed by atoms with Crippen LogP contribution < -0.4 is 10.6 Å². The Morgan fingerprint density at radius 1 is 1.50 bits per heavy atom. The normalized spacial score (nSPS) is 13.2. The summed E-state index contributed by atoms with van der Waals surface area (Å²) >= 11 is 0. The zero-order chi connectivity index (χ0) is 10.8. The van der Waals surface area contributed by atoms with Crippen molar-refractivity contribution < 1.29 is 9.18 Å². The summed E-state index contributed by atoms with van der Waals surface area (Å²) in [5, 5.41) is 0. The number of hydrogen-bond donors (Lipinski definition) is 1. The van der Waals surface area contributed by atoms with Gasteiger partial charge in [-0.1, -0.05) is 12.1 Å². The molecule has 1 aromatic rings. The highest BCUT2D eigenvalue weighted by molar-refractivity contribution is 5.95. The number of carbonyl (C=O) groups is 1. The Hall–Kier alpha value is -1.13. The van der Waals surface area contributed by atoms with Crippen LogP contribution in [0.25, 0.3) is 0 Å². The van der Waals surface area contributed by atoms with E-state index in [9.17, 15) is 9.18 Å². The van der Waals surface area contributed by atoms with Crippen LogP contribution in [0.4, 0.5) is 10.1 Å². The van der Waals surface area contributed by atoms with E-state index in [4.69, 9.17) is 5.73 Å². The fourth-order valence-corrected chi connectivity index (χ4v) is 1.92. The van der Waals surface area contributed by atoms with Crippen LogP contribution in [0, 0.1) is 5.82 Å². The Morgan fingerprint density at radius 3 is 2.94 bits per heavy atom. The molecule has 0 radical (unpaired) electrons. The predicted molar refractivity (Wildman–Crippen MR) is 63.4 cm³/mol. The lowest BCUT2D eigenvalue weighted by molar-refractivity contribution is -0.118. The van der Waals surface area contributed by atoms with E-state index in [0.717, 1.165) is 12.0 Å². The predicted octanol–water partition coefficient (Wildman–Crippen LogP) is 1.49. The Balaban J connectivity index is 0.00000128. The molecule has 1 heterocycles. The number of fused-ring (bicyclic) bond motifs is 1. The minimum atomic E-state index is -0.324. The maximum atomic E-state index is 13.5. The second-order valence-electron chi connectivity index (χ2n) is 3.58. The summed E-state index contributed by atoms with van der Waals surface area (Å²) in [5.74, 6) is -0.420. The van der Waals surface area contributed by atoms with Crippen molar-refractivity contribution in [3.8, 4) is 0 Å². The van der Waals surface area contributed by atoms with Crippen LogP contribution >= 0.6 is 12.4 Å². The number of amides is 1. The van der Waals surface area contributed by atoms with Gasteiger partial charge in [-0.05, 0) is 18.1 Å². The lowest BCUT2D eigenvalue weighted by atomic mass is 10.1. The zero-order valence-corrected chi connectivity index (χ0v) is 9.60. The Bertz CT molecular complexity index is 398. The molecule has 1 amide bonds. The second-order valence-corrected chi connectivity index (χ2v) is 3.58. The van der Waals surface area contributed by atoms with E-state index in [2.05, 4.69) is 0 Å². The summed E-state index contributed by atoms with van der Waals surface area (Å²) in [4.78, 5) is 13.1. The van der Waals surface area contributed by atoms with Gasteiger partial charge in [0.05, 0.1) is 5.69 Å². The third-order valence-electron chi connectivity index (χ3n) is 2.60. The maximum Gasteiger partial charge on any atom is 0.228 e. The summed E-state index contributed by atoms with van der Waals surface area (Å²) in [7, 11) is 0. The Kier molecular flexibility index (Phi) is 4.26. The van der Waals surface area contributed by atoms with Crippen LogP contribution in [0.15, 0.2) is 18.2 Å². The molecule has 0 unspecified atom stereocenters. The van der Waals surface area contributed by atoms with Crippen molar-refractivity contribution in [2.24, 2.45) is 5.73 Å². The van der Waals surface area contributed by atoms with Crippen LogP contribution in [0.1, 0.15) is 12.0 Å². The number of rotatable bonds is 2. The first-order valence-corrected chi connectivity index (χ1v) is 5.02. The smallest absolute Gasteiger partial charge is 0.228 e. The van der Waals surface area contributed by atoms with Crippen molar-refractivity contribution in [3.05, 3.63) is 29.6 Å². The Labute approximate surface area is 99.8 Å². The molecule has 0 aliphatic carbocycles. The van der Waals surface area contributed by atoms with Gasteiger partial charge < -0.3 is 10.6 Å². The number of hydrogen-bond acceptors (Lipinski definition) is 2. The summed E-state index contributed by atoms with van der Waals surface area (Å²) in [5.41, 5.74) is 6.66. The molecule has 16 heavy (non-hydrogen) atoms. The van der Waals surface area contributed by atoms with Crippen LogP contribution in [0.2, 0.25) is 0 Å². The topological polar surface area (TPSA) is 46.3 Å². The standard InChI is InChI=1S/C11H13FN2O.ClH/c12-9-3-1-2-8-5-7-14(11(8)9)10(15)4-6-13;/h1-3H,4-7,13H2;1H.